The van der Waals surface area contributed by atoms with Crippen molar-refractivity contribution >= 4 is 58.0 Å². The number of para-hydroxylation sites is 1. The van der Waals surface area contributed by atoms with Crippen molar-refractivity contribution < 1.29 is 9.18 Å². The van der Waals surface area contributed by atoms with E-state index in [2.05, 4.69) is 64.2 Å². The molecule has 1 fully saturated rings. The Balaban J connectivity index is 1.78. The first-order valence-corrected chi connectivity index (χ1v) is 15.1. The number of likely N-dealkylation sites (N-methyl/N-ethyl adjacent to an activating group) is 1. The van der Waals surface area contributed by atoms with E-state index < -0.39 is 5.82 Å². The van der Waals surface area contributed by atoms with Crippen LogP contribution < -0.4 is 5.32 Å². The van der Waals surface area contributed by atoms with Gasteiger partial charge in [0.1, 0.15) is 17.3 Å². The molecule has 214 valence electrons. The van der Waals surface area contributed by atoms with Gasteiger partial charge < -0.3 is 15.1 Å². The Morgan fingerprint density at radius 3 is 2.80 bits per heavy atom. The molecular weight excluding hydrogens is 561 g/mol. The van der Waals surface area contributed by atoms with Crippen LogP contribution >= 0.6 is 23.4 Å². The van der Waals surface area contributed by atoms with E-state index >= 15 is 4.39 Å². The van der Waals surface area contributed by atoms with Gasteiger partial charge in [0.05, 0.1) is 28.0 Å². The minimum atomic E-state index is -0.586. The zero-order valence-electron chi connectivity index (χ0n) is 23.7. The second-order valence-corrected chi connectivity index (χ2v) is 11.8. The van der Waals surface area contributed by atoms with E-state index in [4.69, 9.17) is 16.6 Å². The fourth-order valence-corrected chi connectivity index (χ4v) is 6.17. The van der Waals surface area contributed by atoms with Gasteiger partial charge in [-0.2, -0.15) is 5.10 Å². The van der Waals surface area contributed by atoms with Gasteiger partial charge in [0.25, 0.3) is 0 Å². The number of halogens is 2. The Hall–Kier alpha value is -3.47. The van der Waals surface area contributed by atoms with Crippen LogP contribution in [0.5, 0.6) is 0 Å². The first-order valence-electron chi connectivity index (χ1n) is 13.5. The Morgan fingerprint density at radius 2 is 2.10 bits per heavy atom. The van der Waals surface area contributed by atoms with E-state index in [9.17, 15) is 4.79 Å². The molecule has 1 saturated heterocycles. The SMILES string of the molecule is CSc1cccc(C(C)C)c1/N=C(\c1cc(F)c(-c2c(Cl)ccc3cn[nH]c23)nc1NC=O)N1CCN(C)CC1C. The number of benzene rings is 2. The van der Waals surface area contributed by atoms with Crippen molar-refractivity contribution in [2.45, 2.75) is 37.6 Å². The van der Waals surface area contributed by atoms with Crippen LogP contribution in [0.3, 0.4) is 0 Å². The summed E-state index contributed by atoms with van der Waals surface area (Å²) in [5, 5.41) is 10.8. The highest BCUT2D eigenvalue weighted by atomic mass is 35.5. The number of aromatic amines is 1. The van der Waals surface area contributed by atoms with E-state index in [-0.39, 0.29) is 23.5 Å². The van der Waals surface area contributed by atoms with Gasteiger partial charge in [0.2, 0.25) is 6.41 Å². The number of piperazine rings is 1. The number of nitrogens with zero attached hydrogens (tertiary/aromatic N) is 5. The molecule has 3 heterocycles. The lowest BCUT2D eigenvalue weighted by molar-refractivity contribution is -0.105. The molecule has 2 N–H and O–H groups in total. The van der Waals surface area contributed by atoms with Gasteiger partial charge >= 0.3 is 0 Å². The van der Waals surface area contributed by atoms with Crippen LogP contribution in [-0.2, 0) is 4.79 Å². The first kappa shape index (κ1) is 29.0. The van der Waals surface area contributed by atoms with Crippen molar-refractivity contribution in [3.8, 4) is 11.3 Å². The second kappa shape index (κ2) is 12.2. The largest absolute Gasteiger partial charge is 0.351 e. The number of H-pyrrole nitrogens is 1. The standard InChI is InChI=1S/C30H33ClFN7OS/c1-17(2)20-7-6-8-24(41-5)27(20)36-30(39-12-11-38(4)15-18(39)3)21-13-23(32)28(35-29(21)33-16-40)25-22(31)10-9-19-14-34-37-26(19)25/h6-10,13-14,16-18H,11-12,15H2,1-5H3,(H,34,37)(H,33,35,40)/b36-30+. The van der Waals surface area contributed by atoms with Gasteiger partial charge in [-0.3, -0.25) is 9.89 Å². The maximum Gasteiger partial charge on any atom is 0.212 e. The highest BCUT2D eigenvalue weighted by Gasteiger charge is 2.30. The molecule has 0 saturated carbocycles. The third-order valence-corrected chi connectivity index (χ3v) is 8.49. The predicted molar refractivity (Wildman–Crippen MR) is 166 cm³/mol. The lowest BCUT2D eigenvalue weighted by atomic mass is 10.0. The molecule has 0 aliphatic carbocycles. The van der Waals surface area contributed by atoms with Crippen molar-refractivity contribution in [3.05, 3.63) is 64.6 Å². The van der Waals surface area contributed by atoms with Crippen LogP contribution in [0.15, 0.2) is 52.5 Å². The van der Waals surface area contributed by atoms with Gasteiger partial charge in [-0.05, 0) is 56.0 Å². The molecule has 2 aromatic heterocycles. The Bertz CT molecular complexity index is 1620. The molecular formula is C30H33ClFN7OS. The minimum absolute atomic E-state index is 0.0103. The smallest absolute Gasteiger partial charge is 0.212 e. The average Bonchev–Trinajstić information content (AvgIpc) is 3.42. The molecule has 11 heteroatoms. The van der Waals surface area contributed by atoms with Gasteiger partial charge in [0, 0.05) is 41.5 Å². The summed E-state index contributed by atoms with van der Waals surface area (Å²) in [6, 6.07) is 11.1. The number of rotatable bonds is 7. The fraction of sp³-hybridized carbons (Fsp3) is 0.333. The van der Waals surface area contributed by atoms with Crippen LogP contribution in [0, 0.1) is 5.82 Å². The number of pyridine rings is 1. The number of nitrogens with one attached hydrogen (secondary N) is 2. The molecule has 2 aromatic carbocycles. The highest BCUT2D eigenvalue weighted by Crippen LogP contribution is 2.39. The Morgan fingerprint density at radius 1 is 1.29 bits per heavy atom. The number of carbonyl (C=O) groups is 1. The monoisotopic (exact) mass is 593 g/mol. The van der Waals surface area contributed by atoms with Gasteiger partial charge in [0.15, 0.2) is 5.82 Å². The maximum absolute atomic E-state index is 16.2. The zero-order valence-corrected chi connectivity index (χ0v) is 25.3. The van der Waals surface area contributed by atoms with Crippen LogP contribution in [0.4, 0.5) is 15.9 Å². The normalized spacial score (nSPS) is 16.5. The number of hydrogen-bond donors (Lipinski definition) is 2. The Kier molecular flexibility index (Phi) is 8.63. The van der Waals surface area contributed by atoms with Crippen molar-refractivity contribution in [1.82, 2.24) is 25.0 Å². The third kappa shape index (κ3) is 5.68. The summed E-state index contributed by atoms with van der Waals surface area (Å²) in [6.07, 6.45) is 4.21. The van der Waals surface area contributed by atoms with Gasteiger partial charge in [-0.15, -0.1) is 11.8 Å². The highest BCUT2D eigenvalue weighted by molar-refractivity contribution is 7.98. The fourth-order valence-electron chi connectivity index (χ4n) is 5.35. The van der Waals surface area contributed by atoms with Gasteiger partial charge in [-0.1, -0.05) is 37.6 Å². The number of aromatic nitrogens is 3. The number of anilines is 1. The topological polar surface area (TPSA) is 89.5 Å². The summed E-state index contributed by atoms with van der Waals surface area (Å²) >= 11 is 8.17. The maximum atomic E-state index is 16.2. The molecule has 1 atom stereocenters. The van der Waals surface area contributed by atoms with Crippen molar-refractivity contribution in [1.29, 1.82) is 0 Å². The first-order chi connectivity index (χ1) is 19.7. The van der Waals surface area contributed by atoms with E-state index in [0.717, 1.165) is 34.6 Å². The lowest BCUT2D eigenvalue weighted by Gasteiger charge is -2.40. The molecule has 4 aromatic rings. The minimum Gasteiger partial charge on any atom is -0.351 e. The summed E-state index contributed by atoms with van der Waals surface area (Å²) in [7, 11) is 2.08. The average molecular weight is 594 g/mol. The summed E-state index contributed by atoms with van der Waals surface area (Å²) in [5.41, 5.74) is 3.27. The molecule has 5 rings (SSSR count). The second-order valence-electron chi connectivity index (χ2n) is 10.5. The zero-order chi connectivity index (χ0) is 29.3. The molecule has 8 nitrogen and oxygen atoms in total. The number of hydrogen-bond acceptors (Lipinski definition) is 6. The van der Waals surface area contributed by atoms with Crippen molar-refractivity contribution in [2.24, 2.45) is 4.99 Å². The van der Waals surface area contributed by atoms with Crippen LogP contribution in [-0.4, -0.2) is 76.2 Å². The van der Waals surface area contributed by atoms with Crippen molar-refractivity contribution in [3.63, 3.8) is 0 Å². The quantitative estimate of drug-likeness (QED) is 0.109. The number of thioether (sulfide) groups is 1. The van der Waals surface area contributed by atoms with E-state index in [0.29, 0.717) is 40.5 Å². The van der Waals surface area contributed by atoms with E-state index in [1.165, 1.54) is 6.07 Å². The third-order valence-electron chi connectivity index (χ3n) is 7.41. The summed E-state index contributed by atoms with van der Waals surface area (Å²) < 4.78 is 16.2. The number of amidine groups is 1. The molecule has 0 bridgehead atoms. The molecule has 0 radical (unpaired) electrons. The molecule has 1 aliphatic heterocycles. The number of carbonyl (C=O) groups excluding carboxylic acids is 1. The van der Waals surface area contributed by atoms with E-state index in [1.54, 1.807) is 30.1 Å². The number of aliphatic imine (C=N–C) groups is 1. The molecule has 1 aliphatic rings. The van der Waals surface area contributed by atoms with Crippen molar-refractivity contribution in [2.75, 3.05) is 38.3 Å². The summed E-state index contributed by atoms with van der Waals surface area (Å²) in [5.74, 6) is 0.384. The van der Waals surface area contributed by atoms with Gasteiger partial charge in [-0.25, -0.2) is 14.4 Å². The molecule has 1 amide bonds. The molecule has 41 heavy (non-hydrogen) atoms. The van der Waals surface area contributed by atoms with E-state index in [1.807, 2.05) is 18.4 Å². The Labute approximate surface area is 248 Å². The van der Waals surface area contributed by atoms with Crippen LogP contribution in [0.1, 0.15) is 37.8 Å². The number of amides is 1. The summed E-state index contributed by atoms with van der Waals surface area (Å²) in [4.78, 5) is 27.2. The van der Waals surface area contributed by atoms with Crippen LogP contribution in [0.2, 0.25) is 5.02 Å². The lowest BCUT2D eigenvalue weighted by Crippen LogP contribution is -2.53. The predicted octanol–water partition coefficient (Wildman–Crippen LogP) is 6.55. The van der Waals surface area contributed by atoms with Crippen LogP contribution in [0.25, 0.3) is 22.2 Å². The summed E-state index contributed by atoms with van der Waals surface area (Å²) in [6.45, 7) is 8.68. The molecule has 1 unspecified atom stereocenters. The number of fused-ring (bicyclic) bond motifs is 1. The molecule has 0 spiro atoms.